The van der Waals surface area contributed by atoms with Crippen LogP contribution in [0.5, 0.6) is 0 Å². The molecule has 1 fully saturated rings. The second-order valence-corrected chi connectivity index (χ2v) is 8.36. The quantitative estimate of drug-likeness (QED) is 0.561. The number of nitrogens with one attached hydrogen (secondary N) is 1. The van der Waals surface area contributed by atoms with Crippen molar-refractivity contribution in [2.75, 3.05) is 30.4 Å². The Balaban J connectivity index is 1.51. The molecule has 134 valence electrons. The molecule has 1 saturated heterocycles. The lowest BCUT2D eigenvalue weighted by Crippen LogP contribution is -2.21. The van der Waals surface area contributed by atoms with Crippen molar-refractivity contribution in [3.8, 4) is 0 Å². The molecule has 0 aromatic heterocycles. The summed E-state index contributed by atoms with van der Waals surface area (Å²) < 4.78 is 0. The van der Waals surface area contributed by atoms with Gasteiger partial charge in [0, 0.05) is 29.6 Å². The second-order valence-electron chi connectivity index (χ2n) is 6.07. The van der Waals surface area contributed by atoms with Crippen LogP contribution < -0.4 is 5.32 Å². The largest absolute Gasteiger partial charge is 0.348 e. The maximum atomic E-state index is 5.94. The number of amidine groups is 2. The van der Waals surface area contributed by atoms with Gasteiger partial charge in [-0.15, -0.1) is 0 Å². The van der Waals surface area contributed by atoms with Gasteiger partial charge in [-0.25, -0.2) is 4.99 Å². The topological polar surface area (TPSA) is 40.0 Å². The van der Waals surface area contributed by atoms with E-state index in [-0.39, 0.29) is 6.04 Å². The molecule has 2 aromatic carbocycles. The predicted octanol–water partition coefficient (Wildman–Crippen LogP) is 5.26. The van der Waals surface area contributed by atoms with E-state index in [1.165, 1.54) is 10.7 Å². The second kappa shape index (κ2) is 7.94. The lowest BCUT2D eigenvalue weighted by Gasteiger charge is -2.14. The van der Waals surface area contributed by atoms with Gasteiger partial charge in [-0.2, -0.15) is 0 Å². The summed E-state index contributed by atoms with van der Waals surface area (Å²) in [6.07, 6.45) is 2.01. The van der Waals surface area contributed by atoms with Crippen LogP contribution in [0.2, 0.25) is 5.02 Å². The van der Waals surface area contributed by atoms with Crippen LogP contribution in [-0.2, 0) is 0 Å². The third-order valence-corrected chi connectivity index (χ3v) is 6.14. The predicted molar refractivity (Wildman–Crippen MR) is 116 cm³/mol. The van der Waals surface area contributed by atoms with Crippen molar-refractivity contribution in [3.05, 3.63) is 59.1 Å². The zero-order chi connectivity index (χ0) is 17.9. The maximum Gasteiger partial charge on any atom is 0.165 e. The molecule has 2 heterocycles. The normalized spacial score (nSPS) is 19.5. The highest BCUT2D eigenvalue weighted by Crippen LogP contribution is 2.33. The van der Waals surface area contributed by atoms with Crippen LogP contribution in [0.3, 0.4) is 0 Å². The Kier molecular flexibility index (Phi) is 5.43. The molecule has 1 atom stereocenters. The lowest BCUT2D eigenvalue weighted by atomic mass is 10.1. The third kappa shape index (κ3) is 4.03. The Morgan fingerprint density at radius 1 is 1.31 bits per heavy atom. The molecule has 0 aliphatic carbocycles. The summed E-state index contributed by atoms with van der Waals surface area (Å²) in [6.45, 7) is 2.10. The van der Waals surface area contributed by atoms with Gasteiger partial charge in [0.2, 0.25) is 0 Å². The van der Waals surface area contributed by atoms with Crippen molar-refractivity contribution in [1.29, 1.82) is 0 Å². The van der Waals surface area contributed by atoms with Crippen LogP contribution in [0.15, 0.2) is 58.5 Å². The van der Waals surface area contributed by atoms with Gasteiger partial charge in [-0.05, 0) is 48.2 Å². The number of benzene rings is 2. The van der Waals surface area contributed by atoms with Gasteiger partial charge >= 0.3 is 0 Å². The van der Waals surface area contributed by atoms with Crippen LogP contribution in [0.1, 0.15) is 11.6 Å². The molecule has 2 aromatic rings. The number of nitrogens with zero attached hydrogens (tertiary/aromatic N) is 3. The molecule has 0 saturated carbocycles. The van der Waals surface area contributed by atoms with E-state index >= 15 is 0 Å². The molecule has 0 radical (unpaired) electrons. The molecular formula is C19H19ClN4S2. The van der Waals surface area contributed by atoms with Crippen LogP contribution in [0.25, 0.3) is 0 Å². The van der Waals surface area contributed by atoms with Gasteiger partial charge in [0.1, 0.15) is 0 Å². The van der Waals surface area contributed by atoms with E-state index in [2.05, 4.69) is 39.5 Å². The molecule has 26 heavy (non-hydrogen) atoms. The standard InChI is InChI=1S/C19H19ClN4S2/c1-25-18(21-15-7-5-14(20)6-8-15)22-16-4-2-3-13(11-16)17-12-24-9-10-26-19(24)23-17/h2-8,11,17H,9-10,12H2,1H3,(H,21,22). The fourth-order valence-corrected chi connectivity index (χ4v) is 4.58. The third-order valence-electron chi connectivity index (χ3n) is 4.30. The number of aliphatic imine (C=N–C) groups is 2. The van der Waals surface area contributed by atoms with Crippen LogP contribution in [0.4, 0.5) is 11.4 Å². The molecule has 2 aliphatic heterocycles. The van der Waals surface area contributed by atoms with Crippen molar-refractivity contribution < 1.29 is 0 Å². The summed E-state index contributed by atoms with van der Waals surface area (Å²) in [7, 11) is 0. The molecule has 7 heteroatoms. The van der Waals surface area contributed by atoms with Crippen LogP contribution in [-0.4, -0.2) is 40.3 Å². The minimum Gasteiger partial charge on any atom is -0.348 e. The summed E-state index contributed by atoms with van der Waals surface area (Å²) >= 11 is 9.38. The van der Waals surface area contributed by atoms with E-state index in [1.54, 1.807) is 11.8 Å². The molecule has 0 bridgehead atoms. The number of fused-ring (bicyclic) bond motifs is 1. The van der Waals surface area contributed by atoms with Gasteiger partial charge in [0.15, 0.2) is 10.3 Å². The highest BCUT2D eigenvalue weighted by molar-refractivity contribution is 8.14. The highest BCUT2D eigenvalue weighted by atomic mass is 35.5. The molecule has 2 aliphatic rings. The number of rotatable bonds is 3. The summed E-state index contributed by atoms with van der Waals surface area (Å²) in [5.41, 5.74) is 3.15. The fraction of sp³-hybridized carbons (Fsp3) is 0.263. The lowest BCUT2D eigenvalue weighted by molar-refractivity contribution is 0.464. The average molecular weight is 403 g/mol. The zero-order valence-corrected chi connectivity index (χ0v) is 16.7. The number of anilines is 1. The van der Waals surface area contributed by atoms with Crippen molar-refractivity contribution >= 4 is 56.8 Å². The molecular weight excluding hydrogens is 384 g/mol. The summed E-state index contributed by atoms with van der Waals surface area (Å²) in [6, 6.07) is 16.2. The number of halogens is 1. The Morgan fingerprint density at radius 3 is 2.92 bits per heavy atom. The molecule has 4 rings (SSSR count). The van der Waals surface area contributed by atoms with Crippen LogP contribution >= 0.6 is 35.1 Å². The Bertz CT molecular complexity index is 851. The van der Waals surface area contributed by atoms with E-state index in [9.17, 15) is 0 Å². The minimum absolute atomic E-state index is 0.227. The molecule has 4 nitrogen and oxygen atoms in total. The number of thioether (sulfide) groups is 2. The first-order chi connectivity index (χ1) is 12.7. The van der Waals surface area contributed by atoms with Gasteiger partial charge in [-0.3, -0.25) is 4.99 Å². The Hall–Kier alpha value is -1.63. The summed E-state index contributed by atoms with van der Waals surface area (Å²) in [5.74, 6) is 1.16. The first kappa shape index (κ1) is 17.8. The van der Waals surface area contributed by atoms with Crippen molar-refractivity contribution in [1.82, 2.24) is 4.90 Å². The summed E-state index contributed by atoms with van der Waals surface area (Å²) in [5, 5.41) is 6.18. The van der Waals surface area contributed by atoms with E-state index in [0.717, 1.165) is 35.4 Å². The molecule has 1 N–H and O–H groups in total. The Labute approximate surface area is 167 Å². The smallest absolute Gasteiger partial charge is 0.165 e. The zero-order valence-electron chi connectivity index (χ0n) is 14.4. The van der Waals surface area contributed by atoms with E-state index in [0.29, 0.717) is 5.02 Å². The van der Waals surface area contributed by atoms with Crippen molar-refractivity contribution in [3.63, 3.8) is 0 Å². The number of hydrogen-bond acceptors (Lipinski definition) is 5. The fourth-order valence-electron chi connectivity index (χ4n) is 2.99. The monoisotopic (exact) mass is 402 g/mol. The Morgan fingerprint density at radius 2 is 2.15 bits per heavy atom. The van der Waals surface area contributed by atoms with Gasteiger partial charge in [0.25, 0.3) is 0 Å². The maximum absolute atomic E-state index is 5.94. The molecule has 0 spiro atoms. The van der Waals surface area contributed by atoms with Crippen molar-refractivity contribution in [2.24, 2.45) is 9.98 Å². The van der Waals surface area contributed by atoms with E-state index in [4.69, 9.17) is 16.6 Å². The summed E-state index contributed by atoms with van der Waals surface area (Å²) in [4.78, 5) is 11.9. The highest BCUT2D eigenvalue weighted by Gasteiger charge is 2.30. The van der Waals surface area contributed by atoms with Crippen LogP contribution in [0, 0.1) is 0 Å². The van der Waals surface area contributed by atoms with Gasteiger partial charge < -0.3 is 10.2 Å². The van der Waals surface area contributed by atoms with E-state index in [1.807, 2.05) is 42.3 Å². The van der Waals surface area contributed by atoms with Crippen molar-refractivity contribution in [2.45, 2.75) is 6.04 Å². The van der Waals surface area contributed by atoms with E-state index < -0.39 is 0 Å². The first-order valence-electron chi connectivity index (χ1n) is 8.42. The van der Waals surface area contributed by atoms with Gasteiger partial charge in [0.05, 0.1) is 11.7 Å². The minimum atomic E-state index is 0.227. The molecule has 0 amide bonds. The molecule has 1 unspecified atom stereocenters. The average Bonchev–Trinajstić information content (AvgIpc) is 3.25. The van der Waals surface area contributed by atoms with Gasteiger partial charge in [-0.1, -0.05) is 47.3 Å². The first-order valence-corrected chi connectivity index (χ1v) is 11.0. The number of hydrogen-bond donors (Lipinski definition) is 1. The SMILES string of the molecule is CSC(=Nc1ccc(Cl)cc1)Nc1cccc(C2CN3CCSC3=N2)c1.